The van der Waals surface area contributed by atoms with E-state index in [1.54, 1.807) is 6.08 Å². The Morgan fingerprint density at radius 3 is 1.35 bits per heavy atom. The molecule has 0 bridgehead atoms. The van der Waals surface area contributed by atoms with Gasteiger partial charge in [-0.2, -0.15) is 0 Å². The smallest absolute Gasteiger partial charge is 0.220 e. The second-order valence-corrected chi connectivity index (χ2v) is 20.0. The molecule has 0 radical (unpaired) electrons. The van der Waals surface area contributed by atoms with Crippen LogP contribution in [0.2, 0.25) is 0 Å². The average molecular weight is 997 g/mol. The number of nitrogens with one attached hydrogen (secondary N) is 1. The van der Waals surface area contributed by atoms with E-state index in [0.717, 1.165) is 83.5 Å². The summed E-state index contributed by atoms with van der Waals surface area (Å²) in [5.41, 5.74) is 0. The molecule has 0 aromatic carbocycles. The molecule has 0 saturated carbocycles. The molecule has 9 nitrogen and oxygen atoms in total. The van der Waals surface area contributed by atoms with Crippen LogP contribution in [0, 0.1) is 0 Å². The fourth-order valence-electron chi connectivity index (χ4n) is 8.85. The standard InChI is InChI=1S/C62H109NO8/c1-3-5-7-9-11-13-15-17-19-21-23-25-27-28-30-31-33-35-37-39-41-43-45-47-49-51-56(65)55(54-70-62-61(69)60(68)59(67)57(53-64)71-62)63-58(66)52-50-48-46-44-42-40-38-36-34-32-29-26-24-22-20-18-16-14-12-10-8-6-4-2/h6,8,12,14,18,20,24,26,32,34,41,43,49,51,55-57,59-62,64-65,67-69H,3-5,7,9-11,13,15-17,19,21-23,25,27-31,33,35-40,42,44-48,50,52-54H2,1-2H3,(H,63,66)/b8-6-,14-12-,20-18-,26-24-,34-32-,43-41+,51-49+. The van der Waals surface area contributed by atoms with Gasteiger partial charge < -0.3 is 40.3 Å². The Morgan fingerprint density at radius 1 is 0.493 bits per heavy atom. The van der Waals surface area contributed by atoms with Crippen molar-refractivity contribution in [1.29, 1.82) is 0 Å². The van der Waals surface area contributed by atoms with Crippen LogP contribution in [-0.4, -0.2) is 87.5 Å². The van der Waals surface area contributed by atoms with Gasteiger partial charge in [0.05, 0.1) is 25.4 Å². The molecule has 9 heteroatoms. The molecule has 0 aromatic rings. The number of amides is 1. The highest BCUT2D eigenvalue weighted by molar-refractivity contribution is 5.76. The summed E-state index contributed by atoms with van der Waals surface area (Å²) in [6.45, 7) is 3.66. The minimum Gasteiger partial charge on any atom is -0.394 e. The maximum atomic E-state index is 13.1. The molecule has 6 N–H and O–H groups in total. The maximum Gasteiger partial charge on any atom is 0.220 e. The lowest BCUT2D eigenvalue weighted by Gasteiger charge is -2.40. The molecule has 1 aliphatic heterocycles. The largest absolute Gasteiger partial charge is 0.394 e. The van der Waals surface area contributed by atoms with E-state index in [4.69, 9.17) is 9.47 Å². The lowest BCUT2D eigenvalue weighted by Crippen LogP contribution is -2.60. The molecule has 1 fully saturated rings. The second-order valence-electron chi connectivity index (χ2n) is 20.0. The Bertz CT molecular complexity index is 1390. The van der Waals surface area contributed by atoms with E-state index in [2.05, 4.69) is 92.1 Å². The monoisotopic (exact) mass is 996 g/mol. The van der Waals surface area contributed by atoms with Crippen LogP contribution in [0.15, 0.2) is 85.1 Å². The normalized spacial score (nSPS) is 19.9. The Hall–Kier alpha value is -2.63. The predicted molar refractivity (Wildman–Crippen MR) is 299 cm³/mol. The summed E-state index contributed by atoms with van der Waals surface area (Å²) in [6, 6.07) is -0.834. The van der Waals surface area contributed by atoms with Crippen molar-refractivity contribution >= 4 is 5.91 Å². The summed E-state index contributed by atoms with van der Waals surface area (Å²) in [5, 5.41) is 54.5. The molecule has 0 spiro atoms. The molecule has 7 unspecified atom stereocenters. The minimum absolute atomic E-state index is 0.199. The Balaban J connectivity index is 2.27. The first-order chi connectivity index (χ1) is 34.8. The van der Waals surface area contributed by atoms with E-state index in [1.165, 1.54) is 141 Å². The number of unbranched alkanes of at least 4 members (excludes halogenated alkanes) is 27. The van der Waals surface area contributed by atoms with Crippen LogP contribution in [0.3, 0.4) is 0 Å². The molecule has 1 heterocycles. The van der Waals surface area contributed by atoms with Crippen LogP contribution in [0.5, 0.6) is 0 Å². The summed E-state index contributed by atoms with van der Waals surface area (Å²) in [5.74, 6) is -0.199. The molecule has 0 aliphatic carbocycles. The molecule has 1 saturated heterocycles. The number of hydrogen-bond donors (Lipinski definition) is 6. The van der Waals surface area contributed by atoms with Crippen LogP contribution in [0.4, 0.5) is 0 Å². The van der Waals surface area contributed by atoms with Gasteiger partial charge >= 0.3 is 0 Å². The lowest BCUT2D eigenvalue weighted by atomic mass is 9.99. The topological polar surface area (TPSA) is 149 Å². The summed E-state index contributed by atoms with van der Waals surface area (Å²) >= 11 is 0. The molecular weight excluding hydrogens is 887 g/mol. The van der Waals surface area contributed by atoms with Gasteiger partial charge in [0, 0.05) is 6.42 Å². The molecule has 0 aromatic heterocycles. The number of ether oxygens (including phenoxy) is 2. The summed E-state index contributed by atoms with van der Waals surface area (Å²) in [7, 11) is 0. The number of allylic oxidation sites excluding steroid dienone is 13. The highest BCUT2D eigenvalue weighted by atomic mass is 16.7. The number of carbonyl (C=O) groups is 1. The van der Waals surface area contributed by atoms with Crippen LogP contribution < -0.4 is 5.32 Å². The third kappa shape index (κ3) is 40.4. The van der Waals surface area contributed by atoms with Crippen LogP contribution in [0.1, 0.15) is 245 Å². The maximum absolute atomic E-state index is 13.1. The quantitative estimate of drug-likeness (QED) is 0.0261. The van der Waals surface area contributed by atoms with E-state index in [-0.39, 0.29) is 12.5 Å². The summed E-state index contributed by atoms with van der Waals surface area (Å²) < 4.78 is 11.3. The zero-order chi connectivity index (χ0) is 51.5. The molecule has 1 aliphatic rings. The first kappa shape index (κ1) is 66.4. The SMILES string of the molecule is CC/C=C\C/C=C\C/C=C\C/C=C\C/C=C\CCCCCCCCCC(=O)NC(COC1OC(CO)C(O)C(O)C1O)C(O)/C=C/CC/C=C/CCCCCCCCCCCCCCCCCCCCC. The number of hydrogen-bond acceptors (Lipinski definition) is 8. The Morgan fingerprint density at radius 2 is 0.887 bits per heavy atom. The van der Waals surface area contributed by atoms with E-state index >= 15 is 0 Å². The lowest BCUT2D eigenvalue weighted by molar-refractivity contribution is -0.302. The van der Waals surface area contributed by atoms with Gasteiger partial charge in [-0.15, -0.1) is 0 Å². The van der Waals surface area contributed by atoms with Crippen molar-refractivity contribution in [1.82, 2.24) is 5.32 Å². The van der Waals surface area contributed by atoms with Crippen molar-refractivity contribution in [2.24, 2.45) is 0 Å². The van der Waals surface area contributed by atoms with Crippen molar-refractivity contribution in [2.45, 2.75) is 288 Å². The van der Waals surface area contributed by atoms with Gasteiger partial charge in [-0.05, 0) is 77.0 Å². The first-order valence-corrected chi connectivity index (χ1v) is 29.3. The molecular formula is C62H109NO8. The van der Waals surface area contributed by atoms with Gasteiger partial charge in [-0.1, -0.05) is 247 Å². The average Bonchev–Trinajstić information content (AvgIpc) is 3.37. The van der Waals surface area contributed by atoms with Gasteiger partial charge in [-0.3, -0.25) is 4.79 Å². The number of rotatable bonds is 49. The van der Waals surface area contributed by atoms with E-state index in [0.29, 0.717) is 6.42 Å². The van der Waals surface area contributed by atoms with Crippen molar-refractivity contribution in [2.75, 3.05) is 13.2 Å². The molecule has 1 rings (SSSR count). The number of aliphatic hydroxyl groups is 5. The van der Waals surface area contributed by atoms with Crippen LogP contribution >= 0.6 is 0 Å². The second kappa shape index (κ2) is 50.9. The van der Waals surface area contributed by atoms with Crippen molar-refractivity contribution in [3.63, 3.8) is 0 Å². The van der Waals surface area contributed by atoms with Gasteiger partial charge in [0.2, 0.25) is 5.91 Å². The van der Waals surface area contributed by atoms with E-state index < -0.39 is 49.5 Å². The highest BCUT2D eigenvalue weighted by Crippen LogP contribution is 2.23. The molecule has 1 amide bonds. The zero-order valence-corrected chi connectivity index (χ0v) is 45.5. The molecule has 410 valence electrons. The van der Waals surface area contributed by atoms with Crippen molar-refractivity contribution in [3.8, 4) is 0 Å². The van der Waals surface area contributed by atoms with Crippen LogP contribution in [-0.2, 0) is 14.3 Å². The highest BCUT2D eigenvalue weighted by Gasteiger charge is 2.44. The fraction of sp³-hybridized carbons (Fsp3) is 0.758. The Labute approximate surface area is 435 Å². The van der Waals surface area contributed by atoms with Gasteiger partial charge in [0.1, 0.15) is 24.4 Å². The Kier molecular flexibility index (Phi) is 47.6. The van der Waals surface area contributed by atoms with Crippen LogP contribution in [0.25, 0.3) is 0 Å². The molecule has 7 atom stereocenters. The zero-order valence-electron chi connectivity index (χ0n) is 45.5. The number of aliphatic hydroxyl groups excluding tert-OH is 5. The van der Waals surface area contributed by atoms with Crippen molar-refractivity contribution < 1.29 is 39.8 Å². The summed E-state index contributed by atoms with van der Waals surface area (Å²) in [6.07, 6.45) is 65.0. The fourth-order valence-corrected chi connectivity index (χ4v) is 8.85. The van der Waals surface area contributed by atoms with E-state index in [1.807, 2.05) is 6.08 Å². The predicted octanol–water partition coefficient (Wildman–Crippen LogP) is 14.6. The third-order valence-electron chi connectivity index (χ3n) is 13.5. The minimum atomic E-state index is -1.58. The van der Waals surface area contributed by atoms with Gasteiger partial charge in [-0.25, -0.2) is 0 Å². The first-order valence-electron chi connectivity index (χ1n) is 29.3. The number of carbonyl (C=O) groups excluding carboxylic acids is 1. The summed E-state index contributed by atoms with van der Waals surface area (Å²) in [4.78, 5) is 13.1. The molecule has 71 heavy (non-hydrogen) atoms. The third-order valence-corrected chi connectivity index (χ3v) is 13.5. The van der Waals surface area contributed by atoms with Gasteiger partial charge in [0.25, 0.3) is 0 Å². The van der Waals surface area contributed by atoms with Gasteiger partial charge in [0.15, 0.2) is 6.29 Å². The van der Waals surface area contributed by atoms with Crippen molar-refractivity contribution in [3.05, 3.63) is 85.1 Å². The van der Waals surface area contributed by atoms with E-state index in [9.17, 15) is 30.3 Å².